The Morgan fingerprint density at radius 1 is 0.744 bits per heavy atom. The van der Waals surface area contributed by atoms with E-state index in [9.17, 15) is 0 Å². The minimum Gasteiger partial charge on any atom is -0.364 e. The van der Waals surface area contributed by atoms with Crippen LogP contribution in [0.15, 0.2) is 59.1 Å². The summed E-state index contributed by atoms with van der Waals surface area (Å²) in [7, 11) is 1.88. The van der Waals surface area contributed by atoms with E-state index in [4.69, 9.17) is 0 Å². The third-order valence-electron chi connectivity index (χ3n) is 14.1. The molecule has 0 aliphatic heterocycles. The van der Waals surface area contributed by atoms with Gasteiger partial charge in [-0.15, -0.1) is 9.24 Å². The highest BCUT2D eigenvalue weighted by Crippen LogP contribution is 2.79. The van der Waals surface area contributed by atoms with Crippen molar-refractivity contribution in [2.75, 3.05) is 6.16 Å². The maximum atomic E-state index is 3.71. The lowest BCUT2D eigenvalue weighted by Crippen LogP contribution is -2.57. The number of nitrogens with one attached hydrogen (secondary N) is 2. The molecule has 9 aliphatic rings. The Morgan fingerprint density at radius 2 is 1.16 bits per heavy atom. The standard InChI is InChI=1S/C38H54N2P2Si/c1-43(2,3)32-16-31(33(17-32)38(41,34-6-4-8-39-34)35-7-5-9-40-35)24-42(36-18-25-10-26(19-36)12-27(11-25)20-36)37-21-28-13-29(22-37)15-30(14-28)23-37/h4-9,16,25-30,39-40H,10-15,17-24,41H2,1-3H3. The van der Waals surface area contributed by atoms with Crippen LogP contribution in [0.5, 0.6) is 0 Å². The number of rotatable bonds is 8. The van der Waals surface area contributed by atoms with Crippen LogP contribution in [0.2, 0.25) is 19.6 Å². The summed E-state index contributed by atoms with van der Waals surface area (Å²) in [6.45, 7) is 7.77. The minimum absolute atomic E-state index is 0.0802. The van der Waals surface area contributed by atoms with Crippen molar-refractivity contribution in [1.29, 1.82) is 0 Å². The third-order valence-corrected chi connectivity index (χ3v) is 21.3. The van der Waals surface area contributed by atoms with Gasteiger partial charge in [0.15, 0.2) is 0 Å². The van der Waals surface area contributed by atoms with Gasteiger partial charge in [-0.3, -0.25) is 0 Å². The third kappa shape index (κ3) is 4.43. The minimum atomic E-state index is -1.45. The molecular weight excluding hydrogens is 574 g/mol. The van der Waals surface area contributed by atoms with Crippen molar-refractivity contribution in [3.05, 3.63) is 70.5 Å². The van der Waals surface area contributed by atoms with E-state index in [1.54, 1.807) is 93.4 Å². The molecule has 0 saturated heterocycles. The Labute approximate surface area is 265 Å². The molecule has 43 heavy (non-hydrogen) atoms. The Kier molecular flexibility index (Phi) is 6.47. The first-order valence-electron chi connectivity index (χ1n) is 17.9. The zero-order valence-corrected chi connectivity index (χ0v) is 30.0. The molecule has 5 heteroatoms. The molecule has 9 aliphatic carbocycles. The van der Waals surface area contributed by atoms with Gasteiger partial charge < -0.3 is 9.97 Å². The van der Waals surface area contributed by atoms with Crippen LogP contribution in [-0.2, 0) is 5.16 Å². The van der Waals surface area contributed by atoms with Crippen molar-refractivity contribution in [3.8, 4) is 0 Å². The van der Waals surface area contributed by atoms with E-state index in [1.165, 1.54) is 17.5 Å². The van der Waals surface area contributed by atoms with Gasteiger partial charge in [0.25, 0.3) is 0 Å². The lowest BCUT2D eigenvalue weighted by Gasteiger charge is -2.67. The zero-order valence-electron chi connectivity index (χ0n) is 26.9. The van der Waals surface area contributed by atoms with Crippen LogP contribution in [0.4, 0.5) is 0 Å². The Bertz CT molecular complexity index is 1290. The van der Waals surface area contributed by atoms with E-state index >= 15 is 0 Å². The molecule has 2 nitrogen and oxygen atoms in total. The summed E-state index contributed by atoms with van der Waals surface area (Å²) < 4.78 is 0. The van der Waals surface area contributed by atoms with Gasteiger partial charge in [-0.05, 0) is 171 Å². The molecule has 1 atom stereocenters. The van der Waals surface area contributed by atoms with E-state index in [0.29, 0.717) is 10.3 Å². The summed E-state index contributed by atoms with van der Waals surface area (Å²) in [5.41, 5.74) is 6.12. The first-order valence-corrected chi connectivity index (χ1v) is 23.5. The largest absolute Gasteiger partial charge is 0.364 e. The smallest absolute Gasteiger partial charge is 0.0858 e. The van der Waals surface area contributed by atoms with Gasteiger partial charge in [-0.25, -0.2) is 0 Å². The quantitative estimate of drug-likeness (QED) is 0.215. The van der Waals surface area contributed by atoms with Gasteiger partial charge in [-0.1, -0.05) is 38.8 Å². The Morgan fingerprint density at radius 3 is 1.51 bits per heavy atom. The molecule has 2 N–H and O–H groups in total. The van der Waals surface area contributed by atoms with Crippen LogP contribution in [0.25, 0.3) is 0 Å². The van der Waals surface area contributed by atoms with E-state index in [-0.39, 0.29) is 13.1 Å². The molecule has 230 valence electrons. The topological polar surface area (TPSA) is 31.6 Å². The average Bonchev–Trinajstić information content (AvgIpc) is 3.72. The fourth-order valence-electron chi connectivity index (χ4n) is 13.1. The lowest BCUT2D eigenvalue weighted by molar-refractivity contribution is 0.0187. The van der Waals surface area contributed by atoms with Crippen molar-refractivity contribution < 1.29 is 0 Å². The van der Waals surface area contributed by atoms with Crippen LogP contribution in [0, 0.1) is 35.5 Å². The van der Waals surface area contributed by atoms with Crippen LogP contribution >= 0.6 is 17.2 Å². The van der Waals surface area contributed by atoms with Crippen LogP contribution in [-0.4, -0.2) is 34.5 Å². The molecule has 0 spiro atoms. The highest BCUT2D eigenvalue weighted by molar-refractivity contribution is 7.61. The second-order valence-electron chi connectivity index (χ2n) is 17.9. The van der Waals surface area contributed by atoms with Crippen molar-refractivity contribution in [1.82, 2.24) is 9.97 Å². The van der Waals surface area contributed by atoms with Crippen molar-refractivity contribution in [2.45, 2.75) is 119 Å². The molecule has 2 aromatic heterocycles. The molecule has 8 bridgehead atoms. The predicted octanol–water partition coefficient (Wildman–Crippen LogP) is 10.4. The van der Waals surface area contributed by atoms with E-state index < -0.39 is 8.07 Å². The van der Waals surface area contributed by atoms with Gasteiger partial charge in [0.05, 0.1) is 13.2 Å². The fourth-order valence-corrected chi connectivity index (χ4v) is 20.2. The summed E-state index contributed by atoms with van der Waals surface area (Å²) in [5, 5.41) is 2.91. The number of hydrogen-bond acceptors (Lipinski definition) is 0. The number of H-pyrrole nitrogens is 2. The first-order chi connectivity index (χ1) is 20.6. The second-order valence-corrected chi connectivity index (χ2v) is 27.0. The van der Waals surface area contributed by atoms with Crippen molar-refractivity contribution >= 4 is 25.2 Å². The highest BCUT2D eigenvalue weighted by Gasteiger charge is 2.62. The summed E-state index contributed by atoms with van der Waals surface area (Å²) >= 11 is 0. The normalized spacial score (nSPS) is 40.5. The summed E-state index contributed by atoms with van der Waals surface area (Å²) in [6.07, 6.45) is 28.7. The van der Waals surface area contributed by atoms with Crippen LogP contribution in [0.3, 0.4) is 0 Å². The van der Waals surface area contributed by atoms with Crippen LogP contribution < -0.4 is 0 Å². The number of aromatic nitrogens is 2. The maximum Gasteiger partial charge on any atom is 0.0858 e. The van der Waals surface area contributed by atoms with Gasteiger partial charge >= 0.3 is 0 Å². The van der Waals surface area contributed by atoms with E-state index in [0.717, 1.165) is 41.9 Å². The predicted molar refractivity (Wildman–Crippen MR) is 189 cm³/mol. The molecular formula is C38H54N2P2Si. The summed E-state index contributed by atoms with van der Waals surface area (Å²) in [5.74, 6) is 6.30. The Hall–Kier alpha value is -0.883. The molecule has 0 radical (unpaired) electrons. The SMILES string of the molecule is C[Si](C)(C)C1=CC(CP(C23CC4CC(CC(C4)C2)C3)C23CC4CC(CC(C4)C2)C3)=C(C(P)(c2ccc[nH]2)c2ccc[nH]2)C1. The number of hydrogen-bond donors (Lipinski definition) is 2. The van der Waals surface area contributed by atoms with E-state index in [2.05, 4.69) is 81.6 Å². The van der Waals surface area contributed by atoms with Gasteiger partial charge in [0.1, 0.15) is 0 Å². The monoisotopic (exact) mass is 628 g/mol. The molecule has 0 amide bonds. The van der Waals surface area contributed by atoms with Crippen molar-refractivity contribution in [3.63, 3.8) is 0 Å². The van der Waals surface area contributed by atoms with Gasteiger partial charge in [0, 0.05) is 23.8 Å². The summed E-state index contributed by atoms with van der Waals surface area (Å²) in [4.78, 5) is 7.41. The maximum absolute atomic E-state index is 3.71. The number of allylic oxidation sites excluding steroid dienone is 4. The molecule has 1 unspecified atom stereocenters. The molecule has 2 aromatic rings. The summed E-state index contributed by atoms with van der Waals surface area (Å²) in [6, 6.07) is 9.09. The second kappa shape index (κ2) is 9.81. The lowest BCUT2D eigenvalue weighted by atomic mass is 9.55. The van der Waals surface area contributed by atoms with Crippen LogP contribution in [0.1, 0.15) is 94.9 Å². The van der Waals surface area contributed by atoms with Crippen molar-refractivity contribution in [2.24, 2.45) is 35.5 Å². The van der Waals surface area contributed by atoms with E-state index in [1.807, 2.05) is 0 Å². The molecule has 2 heterocycles. The molecule has 11 rings (SSSR count). The van der Waals surface area contributed by atoms with Gasteiger partial charge in [0.2, 0.25) is 0 Å². The fraction of sp³-hybridized carbons (Fsp3) is 0.684. The molecule has 0 aromatic carbocycles. The molecule has 8 saturated carbocycles. The van der Waals surface area contributed by atoms with Gasteiger partial charge in [-0.2, -0.15) is 0 Å². The highest BCUT2D eigenvalue weighted by atomic mass is 31.1. The Balaban J connectivity index is 1.20. The zero-order chi connectivity index (χ0) is 29.2. The number of aromatic amines is 2. The first kappa shape index (κ1) is 28.3. The average molecular weight is 629 g/mol. The molecule has 8 fully saturated rings.